The highest BCUT2D eigenvalue weighted by atomic mass is 79.9. The van der Waals surface area contributed by atoms with Crippen LogP contribution in [0.25, 0.3) is 43.8 Å². The van der Waals surface area contributed by atoms with E-state index in [1.165, 1.54) is 49.1 Å². The van der Waals surface area contributed by atoms with E-state index in [0.717, 1.165) is 57.2 Å². The van der Waals surface area contributed by atoms with Gasteiger partial charge in [0.15, 0.2) is 0 Å². The topological polar surface area (TPSA) is 153 Å². The van der Waals surface area contributed by atoms with Crippen molar-refractivity contribution in [1.82, 2.24) is 28.7 Å². The Balaban J connectivity index is 0.000000238. The van der Waals surface area contributed by atoms with Gasteiger partial charge in [-0.2, -0.15) is 10.2 Å². The van der Waals surface area contributed by atoms with E-state index in [9.17, 15) is 9.59 Å². The molecule has 0 aliphatic carbocycles. The number of nitrogens with zero attached hydrogens (tertiary/aromatic N) is 6. The van der Waals surface area contributed by atoms with Crippen molar-refractivity contribution < 1.29 is 37.2 Å². The normalized spacial score (nSPS) is 18.2. The predicted octanol–water partition coefficient (Wildman–Crippen LogP) is 18.5. The van der Waals surface area contributed by atoms with Crippen LogP contribution in [0.1, 0.15) is 174 Å². The van der Waals surface area contributed by atoms with Crippen molar-refractivity contribution in [2.75, 3.05) is 12.2 Å². The molecule has 0 saturated carbocycles. The first-order valence-corrected chi connectivity index (χ1v) is 37.9. The molecule has 16 nitrogen and oxygen atoms in total. The predicted molar refractivity (Wildman–Crippen MR) is 431 cm³/mol. The van der Waals surface area contributed by atoms with Crippen molar-refractivity contribution >= 4 is 93.3 Å². The second-order valence-corrected chi connectivity index (χ2v) is 31.7. The van der Waals surface area contributed by atoms with Crippen LogP contribution in [-0.2, 0) is 77.3 Å². The lowest BCUT2D eigenvalue weighted by Gasteiger charge is -2.32. The smallest absolute Gasteiger partial charge is 0.405 e. The highest BCUT2D eigenvalue weighted by molar-refractivity contribution is 9.10. The maximum absolute atomic E-state index is 12.7. The van der Waals surface area contributed by atoms with Crippen LogP contribution < -0.4 is 11.1 Å². The van der Waals surface area contributed by atoms with Crippen molar-refractivity contribution in [2.45, 2.75) is 237 Å². The number of alkyl halides is 2. The summed E-state index contributed by atoms with van der Waals surface area (Å²) in [7, 11) is 2.38. The molecule has 4 aromatic heterocycles. The molecule has 23 heteroatoms. The Morgan fingerprint density at radius 1 is 0.436 bits per heavy atom. The molecule has 4 aliphatic heterocycles. The van der Waals surface area contributed by atoms with E-state index < -0.39 is 14.0 Å². The number of benzene rings is 4. The molecule has 8 heterocycles. The molecule has 4 saturated heterocycles. The first-order chi connectivity index (χ1) is 46.5. The minimum atomic E-state index is -0.476. The Bertz CT molecular complexity index is 3770. The average molecular weight is 1540 g/mol. The number of hydrogen-bond acceptors (Lipinski definition) is 12. The van der Waals surface area contributed by atoms with Gasteiger partial charge in [-0.05, 0) is 211 Å². The molecule has 4 fully saturated rings. The molecule has 0 spiro atoms. The Labute approximate surface area is 627 Å². The molecule has 4 aromatic carbocycles. The van der Waals surface area contributed by atoms with Crippen LogP contribution in [0.2, 0.25) is 13.6 Å². The average Bonchev–Trinajstić information content (AvgIpc) is 1.62. The van der Waals surface area contributed by atoms with Crippen LogP contribution in [0.3, 0.4) is 0 Å². The van der Waals surface area contributed by atoms with Crippen LogP contribution in [0.5, 0.6) is 0 Å². The van der Waals surface area contributed by atoms with Gasteiger partial charge in [0.05, 0.1) is 71.6 Å². The van der Waals surface area contributed by atoms with Gasteiger partial charge in [-0.15, -0.1) is 11.6 Å². The van der Waals surface area contributed by atoms with Gasteiger partial charge in [0.25, 0.3) is 11.1 Å². The summed E-state index contributed by atoms with van der Waals surface area (Å²) in [4.78, 5) is 25.5. The first kappa shape index (κ1) is 86.6. The number of aryl methyl sites for hydroxylation is 3. The van der Waals surface area contributed by atoms with E-state index in [2.05, 4.69) is 255 Å². The van der Waals surface area contributed by atoms with Crippen molar-refractivity contribution in [3.63, 3.8) is 0 Å². The number of rotatable bonds is 11. The number of hydrogen-bond donors (Lipinski definition) is 0. The van der Waals surface area contributed by atoms with Gasteiger partial charge < -0.3 is 46.4 Å². The fraction of sp³-hybridized carbons (Fsp3) is 0.538. The molecule has 0 unspecified atom stereocenters. The fourth-order valence-corrected chi connectivity index (χ4v) is 12.5. The second-order valence-electron chi connectivity index (χ2n) is 30.9. The van der Waals surface area contributed by atoms with E-state index in [1.54, 1.807) is 14.1 Å². The molecule has 101 heavy (non-hydrogen) atoms. The second kappa shape index (κ2) is 34.9. The van der Waals surface area contributed by atoms with Crippen LogP contribution in [0.15, 0.2) is 136 Å². The summed E-state index contributed by atoms with van der Waals surface area (Å²) in [6.45, 7) is 48.6. The van der Waals surface area contributed by atoms with E-state index in [0.29, 0.717) is 23.8 Å². The van der Waals surface area contributed by atoms with E-state index in [-0.39, 0.29) is 77.6 Å². The van der Waals surface area contributed by atoms with Crippen LogP contribution in [-0.4, -0.2) is 114 Å². The summed E-state index contributed by atoms with van der Waals surface area (Å²) in [6.07, 6.45) is 7.32. The molecule has 8 aromatic rings. The zero-order valence-electron chi connectivity index (χ0n) is 64.7. The highest BCUT2D eigenvalue weighted by Crippen LogP contribution is 2.44. The maximum Gasteiger partial charge on any atom is 0.488 e. The summed E-state index contributed by atoms with van der Waals surface area (Å²) >= 11 is 11.2. The monoisotopic (exact) mass is 1530 g/mol. The highest BCUT2D eigenvalue weighted by Gasteiger charge is 2.64. The third-order valence-electron chi connectivity index (χ3n) is 20.1. The van der Waals surface area contributed by atoms with Gasteiger partial charge in [-0.25, -0.2) is 9.36 Å². The van der Waals surface area contributed by atoms with Crippen LogP contribution in [0, 0.1) is 18.8 Å². The number of halogens is 3. The molecule has 0 radical (unpaired) electrons. The standard InChI is InChI=1S/C25H27N3O.C24H24BrN3O.C12H24B2O4.2C7H15BO2.CH3Br.CH3Cl.CH4/c1-17(2)14-23-22-16-28(18(3)24(22)25(29)27(4)26-23)15-19-10-12-21(13-11-19)20-8-6-5-7-9-20;1-16(2)13-21-20-15-28(23(25)22(20)24(29)27(3)26-21)14-17-9-11-19(12-10-17)18-7-5-4-6-8-18;1-9(2)10(3,4)16-13(15-9)14-17-11(5,6)12(7,8)18-14;2*1-6(2)7(3,4)10-8(5)9-6;2*1-2;/h5-13,16-17H,14-15H2,1-4H3;4-12,15-16H,13-14H2,1-3H3;1-8H3;2*1-5H3;2*1H3;1H4. The van der Waals surface area contributed by atoms with E-state index in [4.69, 9.17) is 37.2 Å². The van der Waals surface area contributed by atoms with Gasteiger partial charge in [-0.1, -0.05) is 160 Å². The zero-order chi connectivity index (χ0) is 75.1. The van der Waals surface area contributed by atoms with E-state index in [1.807, 2.05) is 93.9 Å². The minimum absolute atomic E-state index is 0. The Morgan fingerprint density at radius 2 is 0.703 bits per heavy atom. The number of fused-ring (bicyclic) bond motifs is 2. The summed E-state index contributed by atoms with van der Waals surface area (Å²) in [5, 5.41) is 12.5. The molecule has 0 amide bonds. The van der Waals surface area contributed by atoms with Crippen LogP contribution >= 0.6 is 43.5 Å². The van der Waals surface area contributed by atoms with Gasteiger partial charge in [0.2, 0.25) is 0 Å². The van der Waals surface area contributed by atoms with Gasteiger partial charge in [0.1, 0.15) is 0 Å². The van der Waals surface area contributed by atoms with Crippen molar-refractivity contribution in [2.24, 2.45) is 25.9 Å². The van der Waals surface area contributed by atoms with Crippen molar-refractivity contribution in [3.8, 4) is 22.3 Å². The lowest BCUT2D eigenvalue weighted by atomic mass is 9.49. The van der Waals surface area contributed by atoms with Gasteiger partial charge in [-0.3, -0.25) is 9.59 Å². The first-order valence-electron chi connectivity index (χ1n) is 34.7. The SMILES string of the molecule is C.CB1OC(C)(C)C(C)(C)O1.CB1OC(C)(C)C(C)(C)O1.CBr.CC(C)Cc1nn(C)c(=O)c2c(Br)n(Cc3ccc(-c4ccccc4)cc3)cc12.CC1(C)OB(B2OC(C)(C)C(C)(C)O2)OC1(C)C.CCl.Cc1c2c(=O)n(C)nc(CC(C)C)c2cn1Cc1ccc(-c2ccccc2)cc1. The third-order valence-corrected chi connectivity index (χ3v) is 20.9. The molecule has 0 atom stereocenters. The molecule has 4 aliphatic rings. The quantitative estimate of drug-likeness (QED) is 0.0894. The Hall–Kier alpha value is -5.09. The largest absolute Gasteiger partial charge is 0.488 e. The molecule has 0 N–H and O–H groups in total. The summed E-state index contributed by atoms with van der Waals surface area (Å²) in [5.41, 5.74) is 8.02. The zero-order valence-corrected chi connectivity index (χ0v) is 68.7. The molecular formula is C78H115B4Br2ClN6O10. The molecule has 550 valence electrons. The summed E-state index contributed by atoms with van der Waals surface area (Å²) in [6, 6.07) is 38.0. The van der Waals surface area contributed by atoms with Crippen LogP contribution in [0.4, 0.5) is 0 Å². The molecule has 0 bridgehead atoms. The Morgan fingerprint density at radius 3 is 1.00 bits per heavy atom. The minimum Gasteiger partial charge on any atom is -0.405 e. The fourth-order valence-electron chi connectivity index (χ4n) is 11.9. The van der Waals surface area contributed by atoms with E-state index >= 15 is 0 Å². The van der Waals surface area contributed by atoms with Gasteiger partial charge >= 0.3 is 28.3 Å². The molecule has 12 rings (SSSR count). The maximum atomic E-state index is 12.7. The van der Waals surface area contributed by atoms with Crippen molar-refractivity contribution in [3.05, 3.63) is 175 Å². The lowest BCUT2D eigenvalue weighted by molar-refractivity contribution is 0.00578. The lowest BCUT2D eigenvalue weighted by Crippen LogP contribution is -2.41. The van der Waals surface area contributed by atoms with Gasteiger partial charge in [0, 0.05) is 62.4 Å². The van der Waals surface area contributed by atoms with Crippen molar-refractivity contribution in [1.29, 1.82) is 0 Å². The third kappa shape index (κ3) is 20.7. The summed E-state index contributed by atoms with van der Waals surface area (Å²) < 4.78 is 54.0. The summed E-state index contributed by atoms with van der Waals surface area (Å²) in [5.74, 6) is 2.76. The Kier molecular flexibility index (Phi) is 29.9. The molecular weight excluding hydrogens is 1420 g/mol. The number of aromatic nitrogens is 6.